The van der Waals surface area contributed by atoms with Crippen molar-refractivity contribution in [1.29, 1.82) is 0 Å². The quantitative estimate of drug-likeness (QED) is 0.728. The Hall–Kier alpha value is -1.93. The molecule has 1 aromatic rings. The first-order valence-corrected chi connectivity index (χ1v) is 11.2. The van der Waals surface area contributed by atoms with Crippen LogP contribution < -0.4 is 4.72 Å². The number of piperidine rings is 1. The second-order valence-corrected chi connectivity index (χ2v) is 9.91. The Morgan fingerprint density at radius 1 is 1.18 bits per heavy atom. The molecule has 1 saturated heterocycles. The summed E-state index contributed by atoms with van der Waals surface area (Å²) in [5, 5.41) is 0. The van der Waals surface area contributed by atoms with Gasteiger partial charge in [-0.05, 0) is 55.7 Å². The fourth-order valence-corrected chi connectivity index (χ4v) is 4.97. The Balaban J connectivity index is 1.65. The van der Waals surface area contributed by atoms with E-state index in [1.807, 2.05) is 0 Å². The number of aryl methyl sites for hydroxylation is 1. The first-order valence-electron chi connectivity index (χ1n) is 9.73. The van der Waals surface area contributed by atoms with Gasteiger partial charge in [0.25, 0.3) is 5.91 Å². The maximum atomic E-state index is 12.5. The van der Waals surface area contributed by atoms with E-state index in [0.29, 0.717) is 30.5 Å². The predicted molar refractivity (Wildman–Crippen MR) is 104 cm³/mol. The van der Waals surface area contributed by atoms with Gasteiger partial charge in [-0.25, -0.2) is 17.9 Å². The molecule has 2 unspecified atom stereocenters. The van der Waals surface area contributed by atoms with Gasteiger partial charge in [0.1, 0.15) is 0 Å². The van der Waals surface area contributed by atoms with Gasteiger partial charge in [0, 0.05) is 19.1 Å². The molecule has 2 fully saturated rings. The number of carbonyl (C=O) groups is 2. The number of nitrogens with one attached hydrogen (secondary N) is 1. The highest BCUT2D eigenvalue weighted by atomic mass is 32.2. The maximum Gasteiger partial charge on any atom is 0.338 e. The smallest absolute Gasteiger partial charge is 0.338 e. The minimum atomic E-state index is -3.66. The maximum absolute atomic E-state index is 12.5. The van der Waals surface area contributed by atoms with Gasteiger partial charge >= 0.3 is 5.97 Å². The molecule has 1 aliphatic carbocycles. The highest BCUT2D eigenvalue weighted by molar-refractivity contribution is 7.89. The third-order valence-corrected chi connectivity index (χ3v) is 6.70. The number of ether oxygens (including phenoxy) is 1. The number of carbonyl (C=O) groups excluding carboxylic acids is 2. The first kappa shape index (κ1) is 20.8. The summed E-state index contributed by atoms with van der Waals surface area (Å²) in [4.78, 5) is 26.7. The summed E-state index contributed by atoms with van der Waals surface area (Å²) >= 11 is 0. The van der Waals surface area contributed by atoms with Crippen LogP contribution in [-0.4, -0.2) is 50.9 Å². The molecule has 1 aliphatic heterocycles. The van der Waals surface area contributed by atoms with Crippen molar-refractivity contribution in [3.05, 3.63) is 29.3 Å². The van der Waals surface area contributed by atoms with Crippen LogP contribution in [0.4, 0.5) is 0 Å². The van der Waals surface area contributed by atoms with Crippen LogP contribution in [0.1, 0.15) is 49.0 Å². The molecule has 3 rings (SSSR count). The normalized spacial score (nSPS) is 22.8. The van der Waals surface area contributed by atoms with E-state index in [9.17, 15) is 18.0 Å². The Bertz CT molecular complexity index is 853. The Morgan fingerprint density at radius 3 is 2.43 bits per heavy atom. The van der Waals surface area contributed by atoms with Crippen LogP contribution >= 0.6 is 0 Å². The van der Waals surface area contributed by atoms with Crippen LogP contribution in [0.25, 0.3) is 0 Å². The van der Waals surface area contributed by atoms with Crippen LogP contribution in [0.3, 0.4) is 0 Å². The van der Waals surface area contributed by atoms with E-state index < -0.39 is 16.0 Å². The summed E-state index contributed by atoms with van der Waals surface area (Å²) in [5.74, 6) is -0.0611. The summed E-state index contributed by atoms with van der Waals surface area (Å²) < 4.78 is 32.6. The predicted octanol–water partition coefficient (Wildman–Crippen LogP) is 2.10. The molecule has 0 radical (unpaired) electrons. The Morgan fingerprint density at radius 2 is 1.82 bits per heavy atom. The second kappa shape index (κ2) is 8.21. The molecule has 2 aliphatic rings. The van der Waals surface area contributed by atoms with Crippen molar-refractivity contribution in [3.63, 3.8) is 0 Å². The van der Waals surface area contributed by atoms with Gasteiger partial charge < -0.3 is 9.64 Å². The van der Waals surface area contributed by atoms with Crippen LogP contribution in [0.5, 0.6) is 0 Å². The van der Waals surface area contributed by atoms with Crippen molar-refractivity contribution in [2.24, 2.45) is 11.8 Å². The van der Waals surface area contributed by atoms with Gasteiger partial charge in [-0.1, -0.05) is 19.9 Å². The molecular weight excluding hydrogens is 380 g/mol. The minimum Gasteiger partial charge on any atom is -0.452 e. The summed E-state index contributed by atoms with van der Waals surface area (Å²) in [6, 6.07) is 4.35. The lowest BCUT2D eigenvalue weighted by molar-refractivity contribution is -0.137. The van der Waals surface area contributed by atoms with E-state index in [4.69, 9.17) is 4.74 Å². The molecule has 154 valence electrons. The zero-order valence-corrected chi connectivity index (χ0v) is 17.4. The average Bonchev–Trinajstić information content (AvgIpc) is 3.42. The molecule has 0 aromatic heterocycles. The highest BCUT2D eigenvalue weighted by Crippen LogP contribution is 2.24. The monoisotopic (exact) mass is 408 g/mol. The van der Waals surface area contributed by atoms with E-state index in [2.05, 4.69) is 18.6 Å². The molecule has 1 saturated carbocycles. The summed E-state index contributed by atoms with van der Waals surface area (Å²) in [7, 11) is -3.66. The van der Waals surface area contributed by atoms with Crippen LogP contribution in [-0.2, 0) is 19.6 Å². The number of sulfonamides is 1. The van der Waals surface area contributed by atoms with Crippen molar-refractivity contribution < 1.29 is 22.7 Å². The molecule has 0 bridgehead atoms. The molecule has 28 heavy (non-hydrogen) atoms. The van der Waals surface area contributed by atoms with Crippen LogP contribution in [0, 0.1) is 18.8 Å². The lowest BCUT2D eigenvalue weighted by Crippen LogP contribution is -2.44. The number of esters is 1. The van der Waals surface area contributed by atoms with Crippen molar-refractivity contribution in [2.75, 3.05) is 19.7 Å². The number of rotatable bonds is 6. The molecular formula is C20H28N2O5S. The average molecular weight is 409 g/mol. The number of hydrogen-bond donors (Lipinski definition) is 1. The highest BCUT2D eigenvalue weighted by Gasteiger charge is 2.29. The first-order chi connectivity index (χ1) is 13.2. The zero-order chi connectivity index (χ0) is 20.5. The molecule has 1 N–H and O–H groups in total. The molecule has 1 aromatic carbocycles. The third-order valence-electron chi connectivity index (χ3n) is 5.19. The van der Waals surface area contributed by atoms with Crippen molar-refractivity contribution >= 4 is 21.9 Å². The van der Waals surface area contributed by atoms with Crippen molar-refractivity contribution in [1.82, 2.24) is 9.62 Å². The Kier molecular flexibility index (Phi) is 6.09. The van der Waals surface area contributed by atoms with Gasteiger partial charge in [0.2, 0.25) is 10.0 Å². The topological polar surface area (TPSA) is 92.8 Å². The number of amides is 1. The summed E-state index contributed by atoms with van der Waals surface area (Å²) in [6.45, 7) is 6.91. The lowest BCUT2D eigenvalue weighted by Gasteiger charge is -2.34. The van der Waals surface area contributed by atoms with Gasteiger partial charge in [-0.3, -0.25) is 4.79 Å². The number of likely N-dealkylation sites (tertiary alicyclic amines) is 1. The van der Waals surface area contributed by atoms with Gasteiger partial charge in [0.15, 0.2) is 6.61 Å². The van der Waals surface area contributed by atoms with Crippen molar-refractivity contribution in [2.45, 2.75) is 51.0 Å². The Labute approximate surface area is 166 Å². The van der Waals surface area contributed by atoms with Gasteiger partial charge in [-0.2, -0.15) is 0 Å². The largest absolute Gasteiger partial charge is 0.452 e. The number of hydrogen-bond acceptors (Lipinski definition) is 5. The standard InChI is InChI=1S/C20H28N2O5S/c1-13-8-14(2)11-22(10-13)19(23)12-27-20(24)18-9-17(7-4-15(18)3)28(25,26)21-16-5-6-16/h4,7,9,13-14,16,21H,5-6,8,10-12H2,1-3H3. The zero-order valence-electron chi connectivity index (χ0n) is 16.6. The van der Waals surface area contributed by atoms with E-state index in [1.165, 1.54) is 12.1 Å². The summed E-state index contributed by atoms with van der Waals surface area (Å²) in [5.41, 5.74) is 0.759. The molecule has 7 nitrogen and oxygen atoms in total. The van der Waals surface area contributed by atoms with Crippen molar-refractivity contribution in [3.8, 4) is 0 Å². The van der Waals surface area contributed by atoms with Gasteiger partial charge in [-0.15, -0.1) is 0 Å². The van der Waals surface area contributed by atoms with Crippen LogP contribution in [0.2, 0.25) is 0 Å². The third kappa shape index (κ3) is 5.11. The van der Waals surface area contributed by atoms with E-state index in [0.717, 1.165) is 19.3 Å². The van der Waals surface area contributed by atoms with E-state index in [-0.39, 0.29) is 29.0 Å². The molecule has 2 atom stereocenters. The second-order valence-electron chi connectivity index (χ2n) is 8.19. The molecule has 0 spiro atoms. The van der Waals surface area contributed by atoms with E-state index >= 15 is 0 Å². The van der Waals surface area contributed by atoms with Gasteiger partial charge in [0.05, 0.1) is 10.5 Å². The van der Waals surface area contributed by atoms with Crippen LogP contribution in [0.15, 0.2) is 23.1 Å². The van der Waals surface area contributed by atoms with E-state index in [1.54, 1.807) is 17.9 Å². The number of nitrogens with zero attached hydrogens (tertiary/aromatic N) is 1. The molecule has 8 heteroatoms. The summed E-state index contributed by atoms with van der Waals surface area (Å²) in [6.07, 6.45) is 2.74. The fraction of sp³-hybridized carbons (Fsp3) is 0.600. The number of benzene rings is 1. The minimum absolute atomic E-state index is 0.0198. The molecule has 1 heterocycles. The molecule has 1 amide bonds. The SMILES string of the molecule is Cc1ccc(S(=O)(=O)NC2CC2)cc1C(=O)OCC(=O)N1CC(C)CC(C)C1. The fourth-order valence-electron chi connectivity index (χ4n) is 3.64. The lowest BCUT2D eigenvalue weighted by atomic mass is 9.92.